The largest absolute Gasteiger partial charge is 0.383 e. The number of hydrogen-bond donors (Lipinski definition) is 2. The zero-order valence-electron chi connectivity index (χ0n) is 19.9. The third-order valence-electron chi connectivity index (χ3n) is 6.19. The minimum Gasteiger partial charge on any atom is -0.383 e. The van der Waals surface area contributed by atoms with Crippen molar-refractivity contribution >= 4 is 29.2 Å². The highest BCUT2D eigenvalue weighted by Crippen LogP contribution is 2.30. The predicted molar refractivity (Wildman–Crippen MR) is 135 cm³/mol. The van der Waals surface area contributed by atoms with Gasteiger partial charge >= 0.3 is 5.69 Å². The van der Waals surface area contributed by atoms with Gasteiger partial charge in [-0.05, 0) is 48.7 Å². The maximum Gasteiger partial charge on any atom is 0.330 e. The number of aromatic nitrogens is 6. The molecular formula is C23H30N8O3S. The van der Waals surface area contributed by atoms with Gasteiger partial charge in [0.25, 0.3) is 5.56 Å². The summed E-state index contributed by atoms with van der Waals surface area (Å²) in [7, 11) is 0. The highest BCUT2D eigenvalue weighted by atomic mass is 32.2. The number of unbranched alkanes of at least 4 members (excludes halogenated alkanes) is 1. The van der Waals surface area contributed by atoms with Crippen LogP contribution < -0.4 is 21.9 Å². The summed E-state index contributed by atoms with van der Waals surface area (Å²) >= 11 is 1.19. The van der Waals surface area contributed by atoms with E-state index >= 15 is 0 Å². The molecule has 0 bridgehead atoms. The first kappa shape index (κ1) is 24.7. The van der Waals surface area contributed by atoms with Crippen LogP contribution in [0.1, 0.15) is 51.0 Å². The van der Waals surface area contributed by atoms with E-state index in [-0.39, 0.29) is 29.2 Å². The molecule has 1 aromatic carbocycles. The van der Waals surface area contributed by atoms with Gasteiger partial charge in [-0.2, -0.15) is 4.68 Å². The lowest BCUT2D eigenvalue weighted by molar-refractivity contribution is -0.116. The van der Waals surface area contributed by atoms with Crippen LogP contribution in [0.25, 0.3) is 5.69 Å². The monoisotopic (exact) mass is 498 g/mol. The molecule has 0 radical (unpaired) electrons. The summed E-state index contributed by atoms with van der Waals surface area (Å²) in [6.07, 6.45) is 5.04. The standard InChI is InChI=1S/C23H30N8O3S/c1-3-4-13-29-20(24)19(21(33)25-22(29)34)30(16-7-5-6-8-16)18(32)14-35-23-26-27-28-31(23)17-11-9-15(2)10-12-17/h9-12,16H,3-8,13-14,24H2,1-2H3,(H,25,33,34). The number of hydrogen-bond acceptors (Lipinski definition) is 8. The van der Waals surface area contributed by atoms with Crippen molar-refractivity contribution in [1.29, 1.82) is 0 Å². The first-order chi connectivity index (χ1) is 16.9. The molecule has 2 aromatic heterocycles. The van der Waals surface area contributed by atoms with Crippen molar-refractivity contribution in [3.63, 3.8) is 0 Å². The summed E-state index contributed by atoms with van der Waals surface area (Å²) in [5, 5.41) is 12.3. The zero-order chi connectivity index (χ0) is 24.9. The van der Waals surface area contributed by atoms with Gasteiger partial charge in [-0.15, -0.1) is 5.10 Å². The summed E-state index contributed by atoms with van der Waals surface area (Å²) in [5.74, 6) is -0.240. The average Bonchev–Trinajstić information content (AvgIpc) is 3.53. The zero-order valence-corrected chi connectivity index (χ0v) is 20.8. The molecule has 0 atom stereocenters. The maximum absolute atomic E-state index is 13.6. The van der Waals surface area contributed by atoms with Crippen molar-refractivity contribution in [2.75, 3.05) is 16.4 Å². The summed E-state index contributed by atoms with van der Waals surface area (Å²) in [6.45, 7) is 4.37. The van der Waals surface area contributed by atoms with Crippen molar-refractivity contribution < 1.29 is 4.79 Å². The van der Waals surface area contributed by atoms with Gasteiger partial charge in [0.15, 0.2) is 5.69 Å². The number of nitrogens with zero attached hydrogens (tertiary/aromatic N) is 6. The Morgan fingerprint density at radius 1 is 1.23 bits per heavy atom. The Labute approximate surface area is 206 Å². The molecule has 0 spiro atoms. The molecule has 0 aliphatic heterocycles. The SMILES string of the molecule is CCCCn1c(N)c(N(C(=O)CSc2nnnn2-c2ccc(C)cc2)C2CCCC2)c(=O)[nH]c1=O. The maximum atomic E-state index is 13.6. The Morgan fingerprint density at radius 2 is 1.94 bits per heavy atom. The first-order valence-electron chi connectivity index (χ1n) is 11.8. The number of benzene rings is 1. The van der Waals surface area contributed by atoms with Crippen molar-refractivity contribution in [1.82, 2.24) is 29.8 Å². The molecule has 11 nitrogen and oxygen atoms in total. The van der Waals surface area contributed by atoms with Crippen LogP contribution in [0.2, 0.25) is 0 Å². The van der Waals surface area contributed by atoms with Gasteiger partial charge in [0.05, 0.1) is 11.4 Å². The summed E-state index contributed by atoms with van der Waals surface area (Å²) < 4.78 is 2.92. The van der Waals surface area contributed by atoms with E-state index < -0.39 is 11.2 Å². The molecule has 1 aliphatic carbocycles. The number of carbonyl (C=O) groups excluding carboxylic acids is 1. The van der Waals surface area contributed by atoms with Crippen LogP contribution in [-0.2, 0) is 11.3 Å². The molecule has 1 aliphatic rings. The van der Waals surface area contributed by atoms with Crippen LogP contribution in [0.15, 0.2) is 39.0 Å². The number of carbonyl (C=O) groups is 1. The second kappa shape index (κ2) is 10.9. The number of tetrazole rings is 1. The van der Waals surface area contributed by atoms with Gasteiger partial charge in [-0.3, -0.25) is 19.1 Å². The second-order valence-corrected chi connectivity index (χ2v) is 9.64. The second-order valence-electron chi connectivity index (χ2n) is 8.70. The molecule has 35 heavy (non-hydrogen) atoms. The Hall–Kier alpha value is -3.41. The topological polar surface area (TPSA) is 145 Å². The van der Waals surface area contributed by atoms with E-state index in [4.69, 9.17) is 5.73 Å². The molecule has 1 fully saturated rings. The summed E-state index contributed by atoms with van der Waals surface area (Å²) in [6, 6.07) is 7.57. The Morgan fingerprint density at radius 3 is 2.63 bits per heavy atom. The van der Waals surface area contributed by atoms with E-state index in [0.29, 0.717) is 11.7 Å². The Bertz CT molecular complexity index is 1290. The van der Waals surface area contributed by atoms with Crippen LogP contribution in [0, 0.1) is 6.92 Å². The number of nitrogens with one attached hydrogen (secondary N) is 1. The lowest BCUT2D eigenvalue weighted by Gasteiger charge is -2.29. The smallest absolute Gasteiger partial charge is 0.330 e. The molecule has 3 N–H and O–H groups in total. The number of aryl methyl sites for hydroxylation is 1. The number of rotatable bonds is 9. The molecule has 0 saturated heterocycles. The number of H-pyrrole nitrogens is 1. The van der Waals surface area contributed by atoms with E-state index in [1.165, 1.54) is 21.2 Å². The van der Waals surface area contributed by atoms with Crippen LogP contribution in [-0.4, -0.2) is 47.5 Å². The highest BCUT2D eigenvalue weighted by Gasteiger charge is 2.32. The van der Waals surface area contributed by atoms with E-state index in [9.17, 15) is 14.4 Å². The van der Waals surface area contributed by atoms with E-state index in [1.54, 1.807) is 4.68 Å². The predicted octanol–water partition coefficient (Wildman–Crippen LogP) is 2.27. The summed E-state index contributed by atoms with van der Waals surface area (Å²) in [4.78, 5) is 42.7. The van der Waals surface area contributed by atoms with Gasteiger partial charge in [-0.25, -0.2) is 4.79 Å². The lowest BCUT2D eigenvalue weighted by atomic mass is 10.2. The molecule has 1 amide bonds. The molecule has 12 heteroatoms. The Balaban J connectivity index is 1.63. The number of thioether (sulfide) groups is 1. The molecule has 1 saturated carbocycles. The molecule has 186 valence electrons. The molecule has 3 aromatic rings. The van der Waals surface area contributed by atoms with Gasteiger partial charge in [0.2, 0.25) is 11.1 Å². The fourth-order valence-electron chi connectivity index (χ4n) is 4.33. The van der Waals surface area contributed by atoms with Crippen LogP contribution >= 0.6 is 11.8 Å². The van der Waals surface area contributed by atoms with Crippen molar-refractivity contribution in [2.45, 2.75) is 70.1 Å². The van der Waals surface area contributed by atoms with E-state index in [0.717, 1.165) is 49.8 Å². The molecular weight excluding hydrogens is 468 g/mol. The highest BCUT2D eigenvalue weighted by molar-refractivity contribution is 7.99. The quantitative estimate of drug-likeness (QED) is 0.427. The van der Waals surface area contributed by atoms with Crippen molar-refractivity contribution in [3.05, 3.63) is 50.7 Å². The number of anilines is 2. The third kappa shape index (κ3) is 5.31. The van der Waals surface area contributed by atoms with Gasteiger partial charge < -0.3 is 10.6 Å². The van der Waals surface area contributed by atoms with E-state index in [1.807, 2.05) is 38.1 Å². The molecule has 0 unspecified atom stereocenters. The lowest BCUT2D eigenvalue weighted by Crippen LogP contribution is -2.46. The van der Waals surface area contributed by atoms with Crippen LogP contribution in [0.5, 0.6) is 0 Å². The third-order valence-corrected chi connectivity index (χ3v) is 7.10. The van der Waals surface area contributed by atoms with Gasteiger partial charge in [-0.1, -0.05) is 55.6 Å². The fraction of sp³-hybridized carbons (Fsp3) is 0.478. The number of nitrogens with two attached hydrogens (primary N) is 1. The number of nitrogen functional groups attached to an aromatic ring is 1. The summed E-state index contributed by atoms with van der Waals surface area (Å²) in [5.41, 5.74) is 7.09. The number of amides is 1. The van der Waals surface area contributed by atoms with Crippen molar-refractivity contribution in [3.8, 4) is 5.69 Å². The first-order valence-corrected chi connectivity index (χ1v) is 12.8. The minimum atomic E-state index is -0.644. The van der Waals surface area contributed by atoms with Gasteiger partial charge in [0.1, 0.15) is 5.82 Å². The van der Waals surface area contributed by atoms with E-state index in [2.05, 4.69) is 20.5 Å². The normalized spacial score (nSPS) is 13.9. The van der Waals surface area contributed by atoms with Gasteiger partial charge in [0, 0.05) is 12.6 Å². The Kier molecular flexibility index (Phi) is 7.69. The van der Waals surface area contributed by atoms with Crippen LogP contribution in [0.4, 0.5) is 11.5 Å². The van der Waals surface area contributed by atoms with Crippen molar-refractivity contribution in [2.24, 2.45) is 0 Å². The average molecular weight is 499 g/mol. The number of aromatic amines is 1. The minimum absolute atomic E-state index is 0.00962. The molecule has 2 heterocycles. The molecule has 4 rings (SSSR count). The fourth-order valence-corrected chi connectivity index (χ4v) is 5.08. The van der Waals surface area contributed by atoms with Crippen LogP contribution in [0.3, 0.4) is 0 Å².